The van der Waals surface area contributed by atoms with E-state index in [-0.39, 0.29) is 0 Å². The van der Waals surface area contributed by atoms with E-state index in [9.17, 15) is 0 Å². The van der Waals surface area contributed by atoms with Crippen LogP contribution in [0.15, 0.2) is 0 Å². The van der Waals surface area contributed by atoms with E-state index in [0.717, 1.165) is 24.4 Å². The second kappa shape index (κ2) is 8.93. The molecule has 0 aliphatic heterocycles. The van der Waals surface area contributed by atoms with Crippen LogP contribution < -0.4 is 5.32 Å². The fourth-order valence-corrected chi connectivity index (χ4v) is 3.47. The van der Waals surface area contributed by atoms with Crippen LogP contribution in [0, 0.1) is 17.8 Å². The van der Waals surface area contributed by atoms with E-state index in [2.05, 4.69) is 19.3 Å². The summed E-state index contributed by atoms with van der Waals surface area (Å²) in [4.78, 5) is 0. The summed E-state index contributed by atoms with van der Waals surface area (Å²) < 4.78 is 5.19. The lowest BCUT2D eigenvalue weighted by Crippen LogP contribution is -2.32. The number of ether oxygens (including phenoxy) is 1. The minimum atomic E-state index is 0.907. The first kappa shape index (κ1) is 15.0. The fourth-order valence-electron chi connectivity index (χ4n) is 3.47. The molecule has 0 aromatic rings. The quantitative estimate of drug-likeness (QED) is 0.657. The molecule has 0 spiro atoms. The van der Waals surface area contributed by atoms with Gasteiger partial charge in [-0.15, -0.1) is 0 Å². The molecule has 0 aromatic heterocycles. The number of rotatable bonds is 8. The van der Waals surface area contributed by atoms with Crippen molar-refractivity contribution in [1.29, 1.82) is 0 Å². The maximum absolute atomic E-state index is 5.19. The van der Waals surface area contributed by atoms with Crippen LogP contribution in [-0.4, -0.2) is 27.3 Å². The van der Waals surface area contributed by atoms with Gasteiger partial charge in [-0.05, 0) is 57.0 Å². The SMILES string of the molecule is CCCC1CCC(CNC)C(CCCOC)C1. The molecule has 2 heteroatoms. The molecule has 102 valence electrons. The molecule has 1 saturated carbocycles. The molecule has 0 radical (unpaired) electrons. The lowest BCUT2D eigenvalue weighted by Gasteiger charge is -2.36. The molecular weight excluding hydrogens is 210 g/mol. The summed E-state index contributed by atoms with van der Waals surface area (Å²) in [6.45, 7) is 4.46. The van der Waals surface area contributed by atoms with E-state index in [0.29, 0.717) is 0 Å². The molecule has 0 saturated heterocycles. The Hall–Kier alpha value is -0.0800. The summed E-state index contributed by atoms with van der Waals surface area (Å²) in [5.74, 6) is 2.84. The molecule has 1 rings (SSSR count). The lowest BCUT2D eigenvalue weighted by atomic mass is 9.71. The van der Waals surface area contributed by atoms with Crippen molar-refractivity contribution >= 4 is 0 Å². The molecule has 0 aromatic carbocycles. The Kier molecular flexibility index (Phi) is 7.87. The summed E-state index contributed by atoms with van der Waals surface area (Å²) >= 11 is 0. The van der Waals surface area contributed by atoms with E-state index in [1.54, 1.807) is 0 Å². The Morgan fingerprint density at radius 2 is 2.00 bits per heavy atom. The second-order valence-corrected chi connectivity index (χ2v) is 5.68. The molecule has 3 atom stereocenters. The number of hydrogen-bond donors (Lipinski definition) is 1. The average molecular weight is 241 g/mol. The van der Waals surface area contributed by atoms with Gasteiger partial charge in [-0.1, -0.05) is 26.2 Å². The van der Waals surface area contributed by atoms with Crippen LogP contribution >= 0.6 is 0 Å². The van der Waals surface area contributed by atoms with Gasteiger partial charge in [0.1, 0.15) is 0 Å². The third kappa shape index (κ3) is 5.39. The van der Waals surface area contributed by atoms with E-state index in [1.807, 2.05) is 7.11 Å². The number of hydrogen-bond acceptors (Lipinski definition) is 2. The highest BCUT2D eigenvalue weighted by Gasteiger charge is 2.29. The van der Waals surface area contributed by atoms with Gasteiger partial charge in [-0.3, -0.25) is 0 Å². The van der Waals surface area contributed by atoms with Gasteiger partial charge in [0.2, 0.25) is 0 Å². The van der Waals surface area contributed by atoms with Crippen molar-refractivity contribution in [1.82, 2.24) is 5.32 Å². The van der Waals surface area contributed by atoms with Crippen molar-refractivity contribution in [3.63, 3.8) is 0 Å². The summed E-state index contributed by atoms with van der Waals surface area (Å²) in [5.41, 5.74) is 0. The molecular formula is C15H31NO. The minimum absolute atomic E-state index is 0.907. The number of nitrogens with one attached hydrogen (secondary N) is 1. The van der Waals surface area contributed by atoms with Crippen molar-refractivity contribution in [2.24, 2.45) is 17.8 Å². The molecule has 1 aliphatic carbocycles. The highest BCUT2D eigenvalue weighted by molar-refractivity contribution is 4.81. The Morgan fingerprint density at radius 3 is 2.65 bits per heavy atom. The van der Waals surface area contributed by atoms with Gasteiger partial charge < -0.3 is 10.1 Å². The third-order valence-corrected chi connectivity index (χ3v) is 4.34. The molecule has 1 aliphatic rings. The Labute approximate surface area is 108 Å². The summed E-state index contributed by atoms with van der Waals surface area (Å²) in [6, 6.07) is 0. The van der Waals surface area contributed by atoms with Gasteiger partial charge in [-0.25, -0.2) is 0 Å². The molecule has 3 unspecified atom stereocenters. The van der Waals surface area contributed by atoms with Gasteiger partial charge in [0.15, 0.2) is 0 Å². The van der Waals surface area contributed by atoms with E-state index in [1.165, 1.54) is 51.5 Å². The maximum atomic E-state index is 5.19. The minimum Gasteiger partial charge on any atom is -0.385 e. The monoisotopic (exact) mass is 241 g/mol. The van der Waals surface area contributed by atoms with Crippen LogP contribution in [0.1, 0.15) is 51.9 Å². The van der Waals surface area contributed by atoms with Crippen LogP contribution in [-0.2, 0) is 4.74 Å². The van der Waals surface area contributed by atoms with Gasteiger partial charge in [0.05, 0.1) is 0 Å². The molecule has 2 nitrogen and oxygen atoms in total. The smallest absolute Gasteiger partial charge is 0.0462 e. The molecule has 17 heavy (non-hydrogen) atoms. The molecule has 1 fully saturated rings. The zero-order valence-electron chi connectivity index (χ0n) is 12.0. The Balaban J connectivity index is 2.38. The van der Waals surface area contributed by atoms with Crippen LogP contribution in [0.3, 0.4) is 0 Å². The zero-order valence-corrected chi connectivity index (χ0v) is 12.0. The van der Waals surface area contributed by atoms with Crippen molar-refractivity contribution in [3.05, 3.63) is 0 Å². The van der Waals surface area contributed by atoms with Crippen LogP contribution in [0.2, 0.25) is 0 Å². The van der Waals surface area contributed by atoms with Crippen LogP contribution in [0.5, 0.6) is 0 Å². The second-order valence-electron chi connectivity index (χ2n) is 5.68. The van der Waals surface area contributed by atoms with Gasteiger partial charge in [0.25, 0.3) is 0 Å². The molecule has 0 amide bonds. The predicted octanol–water partition coefficient (Wildman–Crippen LogP) is 3.47. The van der Waals surface area contributed by atoms with Crippen LogP contribution in [0.25, 0.3) is 0 Å². The first-order valence-corrected chi connectivity index (χ1v) is 7.45. The largest absolute Gasteiger partial charge is 0.385 e. The van der Waals surface area contributed by atoms with Gasteiger partial charge >= 0.3 is 0 Å². The first-order valence-electron chi connectivity index (χ1n) is 7.45. The van der Waals surface area contributed by atoms with Crippen molar-refractivity contribution in [2.75, 3.05) is 27.3 Å². The highest BCUT2D eigenvalue weighted by atomic mass is 16.5. The highest BCUT2D eigenvalue weighted by Crippen LogP contribution is 2.38. The molecule has 0 bridgehead atoms. The molecule has 1 N–H and O–H groups in total. The first-order chi connectivity index (χ1) is 8.31. The van der Waals surface area contributed by atoms with Crippen molar-refractivity contribution in [3.8, 4) is 0 Å². The van der Waals surface area contributed by atoms with Gasteiger partial charge in [-0.2, -0.15) is 0 Å². The van der Waals surface area contributed by atoms with Crippen LogP contribution in [0.4, 0.5) is 0 Å². The van der Waals surface area contributed by atoms with Gasteiger partial charge in [0, 0.05) is 13.7 Å². The summed E-state index contributed by atoms with van der Waals surface area (Å²) in [6.07, 6.45) is 9.74. The average Bonchev–Trinajstić information content (AvgIpc) is 2.33. The normalized spacial score (nSPS) is 29.5. The van der Waals surface area contributed by atoms with Crippen molar-refractivity contribution < 1.29 is 4.74 Å². The standard InChI is InChI=1S/C15H31NO/c1-4-6-13-8-9-15(12-16-2)14(11-13)7-5-10-17-3/h13-16H,4-12H2,1-3H3. The maximum Gasteiger partial charge on any atom is 0.0462 e. The third-order valence-electron chi connectivity index (χ3n) is 4.34. The molecule has 0 heterocycles. The lowest BCUT2D eigenvalue weighted by molar-refractivity contribution is 0.137. The summed E-state index contributed by atoms with van der Waals surface area (Å²) in [7, 11) is 3.90. The Bertz CT molecular complexity index is 184. The fraction of sp³-hybridized carbons (Fsp3) is 1.00. The zero-order chi connectivity index (χ0) is 12.5. The van der Waals surface area contributed by atoms with E-state index in [4.69, 9.17) is 4.74 Å². The predicted molar refractivity (Wildman–Crippen MR) is 74.3 cm³/mol. The number of methoxy groups -OCH3 is 1. The van der Waals surface area contributed by atoms with E-state index >= 15 is 0 Å². The van der Waals surface area contributed by atoms with Crippen molar-refractivity contribution in [2.45, 2.75) is 51.9 Å². The topological polar surface area (TPSA) is 21.3 Å². The Morgan fingerprint density at radius 1 is 1.18 bits per heavy atom. The van der Waals surface area contributed by atoms with E-state index < -0.39 is 0 Å². The summed E-state index contributed by atoms with van der Waals surface area (Å²) in [5, 5.41) is 3.37.